The molecule has 0 unspecified atom stereocenters. The molecule has 0 aliphatic carbocycles. The quantitative estimate of drug-likeness (QED) is 0.726. The van der Waals surface area contributed by atoms with Crippen molar-refractivity contribution in [1.29, 1.82) is 0 Å². The summed E-state index contributed by atoms with van der Waals surface area (Å²) in [5.41, 5.74) is 4.95. The van der Waals surface area contributed by atoms with Crippen molar-refractivity contribution < 1.29 is 4.79 Å². The summed E-state index contributed by atoms with van der Waals surface area (Å²) in [5, 5.41) is 4.30. The summed E-state index contributed by atoms with van der Waals surface area (Å²) < 4.78 is 4.91. The summed E-state index contributed by atoms with van der Waals surface area (Å²) in [6, 6.07) is 6.08. The van der Waals surface area contributed by atoms with Crippen LogP contribution < -0.4 is 4.80 Å². The van der Waals surface area contributed by atoms with Gasteiger partial charge in [-0.15, -0.1) is 0 Å². The highest BCUT2D eigenvalue weighted by Gasteiger charge is 2.12. The van der Waals surface area contributed by atoms with Gasteiger partial charge in [-0.1, -0.05) is 11.3 Å². The number of amides is 1. The average molecular weight is 328 g/mol. The minimum Gasteiger partial charge on any atom is -0.319 e. The van der Waals surface area contributed by atoms with E-state index in [1.54, 1.807) is 10.7 Å². The maximum absolute atomic E-state index is 12.4. The molecule has 0 aliphatic rings. The number of hydrogen-bond acceptors (Lipinski definition) is 3. The van der Waals surface area contributed by atoms with Gasteiger partial charge in [0.1, 0.15) is 0 Å². The van der Waals surface area contributed by atoms with Gasteiger partial charge in [-0.3, -0.25) is 9.48 Å². The first-order valence-electron chi connectivity index (χ1n) is 7.61. The molecule has 0 N–H and O–H groups in total. The van der Waals surface area contributed by atoms with Crippen LogP contribution in [0.2, 0.25) is 0 Å². The number of aryl methyl sites for hydroxylation is 5. The van der Waals surface area contributed by atoms with Crippen LogP contribution in [0.15, 0.2) is 23.2 Å². The van der Waals surface area contributed by atoms with Crippen LogP contribution in [-0.2, 0) is 13.6 Å². The monoisotopic (exact) mass is 328 g/mol. The lowest BCUT2D eigenvalue weighted by molar-refractivity contribution is 0.0992. The second-order valence-corrected chi connectivity index (χ2v) is 6.76. The SMILES string of the molecule is CCn1nc(C(=O)N=c2sc3cc(C)c(C)cc3n2C)cc1C. The molecule has 120 valence electrons. The molecule has 2 heterocycles. The Morgan fingerprint density at radius 3 is 2.57 bits per heavy atom. The van der Waals surface area contributed by atoms with E-state index >= 15 is 0 Å². The Labute approximate surface area is 138 Å². The van der Waals surface area contributed by atoms with Crippen molar-refractivity contribution in [1.82, 2.24) is 14.3 Å². The number of hydrogen-bond donors (Lipinski definition) is 0. The molecule has 0 saturated heterocycles. The lowest BCUT2D eigenvalue weighted by Crippen LogP contribution is -2.13. The fourth-order valence-corrected chi connectivity index (χ4v) is 3.66. The molecule has 0 bridgehead atoms. The van der Waals surface area contributed by atoms with Crippen LogP contribution in [-0.4, -0.2) is 20.3 Å². The maximum atomic E-state index is 12.4. The molecule has 0 fully saturated rings. The van der Waals surface area contributed by atoms with E-state index in [9.17, 15) is 4.79 Å². The molecule has 5 nitrogen and oxygen atoms in total. The van der Waals surface area contributed by atoms with Crippen molar-refractivity contribution in [2.75, 3.05) is 0 Å². The number of aromatic nitrogens is 3. The van der Waals surface area contributed by atoms with Crippen LogP contribution in [0.4, 0.5) is 0 Å². The van der Waals surface area contributed by atoms with Crippen LogP contribution in [0.3, 0.4) is 0 Å². The third-order valence-corrected chi connectivity index (χ3v) is 5.22. The molecule has 3 aromatic rings. The predicted molar refractivity (Wildman–Crippen MR) is 92.8 cm³/mol. The van der Waals surface area contributed by atoms with Gasteiger partial charge in [0, 0.05) is 19.3 Å². The maximum Gasteiger partial charge on any atom is 0.300 e. The number of fused-ring (bicyclic) bond motifs is 1. The van der Waals surface area contributed by atoms with Gasteiger partial charge in [0.05, 0.1) is 10.2 Å². The zero-order valence-corrected chi connectivity index (χ0v) is 14.9. The molecule has 0 radical (unpaired) electrons. The highest BCUT2D eigenvalue weighted by molar-refractivity contribution is 7.16. The Bertz CT molecular complexity index is 975. The predicted octanol–water partition coefficient (Wildman–Crippen LogP) is 3.12. The second kappa shape index (κ2) is 5.77. The lowest BCUT2D eigenvalue weighted by Gasteiger charge is -2.00. The summed E-state index contributed by atoms with van der Waals surface area (Å²) >= 11 is 1.53. The first-order valence-corrected chi connectivity index (χ1v) is 8.42. The highest BCUT2D eigenvalue weighted by Crippen LogP contribution is 2.21. The molecular formula is C17H20N4OS. The number of thiazole rings is 1. The van der Waals surface area contributed by atoms with Gasteiger partial charge in [0.15, 0.2) is 10.5 Å². The zero-order chi connectivity index (χ0) is 16.7. The Morgan fingerprint density at radius 1 is 1.22 bits per heavy atom. The van der Waals surface area contributed by atoms with E-state index < -0.39 is 0 Å². The Kier molecular flexibility index (Phi) is 3.93. The number of carbonyl (C=O) groups excluding carboxylic acids is 1. The third kappa shape index (κ3) is 2.74. The molecule has 0 saturated carbocycles. The molecule has 3 rings (SSSR count). The van der Waals surface area contributed by atoms with Gasteiger partial charge in [-0.2, -0.15) is 10.1 Å². The van der Waals surface area contributed by atoms with Crippen molar-refractivity contribution in [3.63, 3.8) is 0 Å². The molecule has 2 aromatic heterocycles. The summed E-state index contributed by atoms with van der Waals surface area (Å²) in [7, 11) is 1.94. The van der Waals surface area contributed by atoms with Gasteiger partial charge < -0.3 is 4.57 Å². The van der Waals surface area contributed by atoms with Crippen LogP contribution in [0, 0.1) is 20.8 Å². The molecule has 1 amide bonds. The molecule has 0 atom stereocenters. The smallest absolute Gasteiger partial charge is 0.300 e. The number of benzene rings is 1. The van der Waals surface area contributed by atoms with E-state index in [4.69, 9.17) is 0 Å². The zero-order valence-electron chi connectivity index (χ0n) is 14.0. The molecular weight excluding hydrogens is 308 g/mol. The molecule has 0 aliphatic heterocycles. The first-order chi connectivity index (χ1) is 10.9. The van der Waals surface area contributed by atoms with E-state index in [1.165, 1.54) is 22.5 Å². The first kappa shape index (κ1) is 15.7. The van der Waals surface area contributed by atoms with Gasteiger partial charge in [0.25, 0.3) is 5.91 Å². The van der Waals surface area contributed by atoms with Crippen molar-refractivity contribution in [3.8, 4) is 0 Å². The highest BCUT2D eigenvalue weighted by atomic mass is 32.1. The van der Waals surface area contributed by atoms with E-state index in [0.717, 1.165) is 22.5 Å². The molecule has 23 heavy (non-hydrogen) atoms. The van der Waals surface area contributed by atoms with E-state index in [1.807, 2.05) is 25.5 Å². The fourth-order valence-electron chi connectivity index (χ4n) is 2.56. The van der Waals surface area contributed by atoms with Crippen molar-refractivity contribution in [3.05, 3.63) is 45.5 Å². The average Bonchev–Trinajstić information content (AvgIpc) is 3.02. The van der Waals surface area contributed by atoms with Crippen molar-refractivity contribution in [2.45, 2.75) is 34.2 Å². The van der Waals surface area contributed by atoms with Crippen LogP contribution >= 0.6 is 11.3 Å². The standard InChI is InChI=1S/C17H20N4OS/c1-6-21-12(4)9-13(19-21)16(22)18-17-20(5)14-7-10(2)11(3)8-15(14)23-17/h7-9H,6H2,1-5H3. The number of carbonyl (C=O) groups is 1. The van der Waals surface area contributed by atoms with E-state index in [0.29, 0.717) is 10.5 Å². The summed E-state index contributed by atoms with van der Waals surface area (Å²) in [5.74, 6) is -0.295. The van der Waals surface area contributed by atoms with Crippen molar-refractivity contribution in [2.24, 2.45) is 12.0 Å². The van der Waals surface area contributed by atoms with Crippen LogP contribution in [0.25, 0.3) is 10.2 Å². The summed E-state index contributed by atoms with van der Waals surface area (Å²) in [6.45, 7) is 8.87. The Hall–Kier alpha value is -2.21. The van der Waals surface area contributed by atoms with Crippen LogP contribution in [0.5, 0.6) is 0 Å². The Morgan fingerprint density at radius 2 is 1.91 bits per heavy atom. The molecule has 1 aromatic carbocycles. The normalized spacial score (nSPS) is 12.3. The lowest BCUT2D eigenvalue weighted by atomic mass is 10.1. The largest absolute Gasteiger partial charge is 0.319 e. The van der Waals surface area contributed by atoms with Crippen LogP contribution in [0.1, 0.15) is 34.2 Å². The fraction of sp³-hybridized carbons (Fsp3) is 0.353. The molecule has 0 spiro atoms. The Balaban J connectivity index is 2.09. The summed E-state index contributed by atoms with van der Waals surface area (Å²) in [6.07, 6.45) is 0. The van der Waals surface area contributed by atoms with E-state index in [2.05, 4.69) is 36.1 Å². The minimum atomic E-state index is -0.295. The topological polar surface area (TPSA) is 52.2 Å². The van der Waals surface area contributed by atoms with Gasteiger partial charge in [0.2, 0.25) is 0 Å². The molecule has 6 heteroatoms. The van der Waals surface area contributed by atoms with Gasteiger partial charge in [-0.05, 0) is 57.0 Å². The van der Waals surface area contributed by atoms with Crippen molar-refractivity contribution >= 4 is 27.5 Å². The van der Waals surface area contributed by atoms with Gasteiger partial charge >= 0.3 is 0 Å². The third-order valence-electron chi connectivity index (χ3n) is 4.12. The van der Waals surface area contributed by atoms with E-state index in [-0.39, 0.29) is 5.91 Å². The number of nitrogens with zero attached hydrogens (tertiary/aromatic N) is 4. The minimum absolute atomic E-state index is 0.295. The summed E-state index contributed by atoms with van der Waals surface area (Å²) in [4.78, 5) is 17.4. The van der Waals surface area contributed by atoms with Gasteiger partial charge in [-0.25, -0.2) is 0 Å². The number of rotatable bonds is 2. The second-order valence-electron chi connectivity index (χ2n) is 5.75.